The van der Waals surface area contributed by atoms with Gasteiger partial charge in [0.1, 0.15) is 6.04 Å². The maximum atomic E-state index is 12.1. The summed E-state index contributed by atoms with van der Waals surface area (Å²) < 4.78 is 0. The first-order valence-corrected chi connectivity index (χ1v) is 7.39. The molecule has 2 amide bonds. The minimum Gasteiger partial charge on any atom is -0.343 e. The van der Waals surface area contributed by atoms with Gasteiger partial charge in [0, 0.05) is 12.6 Å². The molecule has 2 rings (SSSR count). The van der Waals surface area contributed by atoms with Gasteiger partial charge in [-0.15, -0.1) is 12.4 Å². The molecule has 1 unspecified atom stereocenters. The van der Waals surface area contributed by atoms with Gasteiger partial charge in [-0.3, -0.25) is 9.59 Å². The smallest absolute Gasteiger partial charge is 0.245 e. The van der Waals surface area contributed by atoms with Crippen molar-refractivity contribution in [3.05, 3.63) is 35.9 Å². The number of nitrogens with one attached hydrogen (secondary N) is 1. The molecule has 22 heavy (non-hydrogen) atoms. The monoisotopic (exact) mass is 325 g/mol. The molecule has 0 bridgehead atoms. The molecule has 1 aromatic carbocycles. The fourth-order valence-electron chi connectivity index (χ4n) is 2.59. The number of nitrogens with zero attached hydrogens (tertiary/aromatic N) is 1. The van der Waals surface area contributed by atoms with Crippen molar-refractivity contribution in [3.8, 4) is 0 Å². The van der Waals surface area contributed by atoms with Gasteiger partial charge in [0.05, 0.1) is 6.04 Å². The number of carbonyl (C=O) groups excluding carboxylic acids is 2. The van der Waals surface area contributed by atoms with Crippen molar-refractivity contribution in [2.75, 3.05) is 6.54 Å². The molecule has 3 N–H and O–H groups in total. The minimum absolute atomic E-state index is 0. The van der Waals surface area contributed by atoms with E-state index in [-0.39, 0.29) is 30.3 Å². The maximum absolute atomic E-state index is 12.1. The summed E-state index contributed by atoms with van der Waals surface area (Å²) in [5, 5.41) is 2.78. The Labute approximate surface area is 137 Å². The van der Waals surface area contributed by atoms with Gasteiger partial charge in [-0.25, -0.2) is 0 Å². The predicted octanol–water partition coefficient (Wildman–Crippen LogP) is 1.10. The summed E-state index contributed by atoms with van der Waals surface area (Å²) in [6, 6.07) is 8.74. The third-order valence-electron chi connectivity index (χ3n) is 3.81. The van der Waals surface area contributed by atoms with E-state index in [2.05, 4.69) is 5.32 Å². The second-order valence-electron chi connectivity index (χ2n) is 5.77. The molecule has 5 nitrogen and oxygen atoms in total. The largest absolute Gasteiger partial charge is 0.343 e. The van der Waals surface area contributed by atoms with Crippen LogP contribution in [0.3, 0.4) is 0 Å². The molecule has 0 radical (unpaired) electrons. The number of benzene rings is 1. The fourth-order valence-corrected chi connectivity index (χ4v) is 2.59. The normalized spacial score (nSPS) is 19.0. The highest BCUT2D eigenvalue weighted by Gasteiger charge is 2.34. The van der Waals surface area contributed by atoms with Crippen molar-refractivity contribution in [2.24, 2.45) is 5.73 Å². The van der Waals surface area contributed by atoms with E-state index in [0.29, 0.717) is 19.4 Å². The summed E-state index contributed by atoms with van der Waals surface area (Å²) >= 11 is 0. The van der Waals surface area contributed by atoms with Crippen LogP contribution in [0.1, 0.15) is 25.8 Å². The van der Waals surface area contributed by atoms with Gasteiger partial charge in [0.15, 0.2) is 0 Å². The average Bonchev–Trinajstić information content (AvgIpc) is 2.81. The van der Waals surface area contributed by atoms with Crippen molar-refractivity contribution in [2.45, 2.75) is 44.8 Å². The van der Waals surface area contributed by atoms with Gasteiger partial charge in [0.2, 0.25) is 11.8 Å². The number of likely N-dealkylation sites (tertiary alicyclic amines) is 1. The molecule has 0 saturated carbocycles. The lowest BCUT2D eigenvalue weighted by molar-refractivity contribution is -0.134. The number of halogens is 1. The highest BCUT2D eigenvalue weighted by atomic mass is 35.5. The molecular weight excluding hydrogens is 302 g/mol. The van der Waals surface area contributed by atoms with Crippen LogP contribution in [0.25, 0.3) is 0 Å². The lowest BCUT2D eigenvalue weighted by atomic mass is 10.1. The van der Waals surface area contributed by atoms with Gasteiger partial charge in [-0.2, -0.15) is 0 Å². The van der Waals surface area contributed by atoms with Crippen molar-refractivity contribution < 1.29 is 9.59 Å². The van der Waals surface area contributed by atoms with Gasteiger partial charge < -0.3 is 16.0 Å². The highest BCUT2D eigenvalue weighted by Crippen LogP contribution is 2.14. The number of rotatable bonds is 5. The summed E-state index contributed by atoms with van der Waals surface area (Å²) in [5.74, 6) is -0.270. The lowest BCUT2D eigenvalue weighted by Gasteiger charge is -2.21. The van der Waals surface area contributed by atoms with Gasteiger partial charge >= 0.3 is 0 Å². The van der Waals surface area contributed by atoms with Crippen molar-refractivity contribution >= 4 is 24.2 Å². The zero-order chi connectivity index (χ0) is 15.4. The van der Waals surface area contributed by atoms with E-state index < -0.39 is 12.1 Å². The Morgan fingerprint density at radius 3 is 2.55 bits per heavy atom. The second-order valence-corrected chi connectivity index (χ2v) is 5.77. The zero-order valence-electron chi connectivity index (χ0n) is 13.0. The van der Waals surface area contributed by atoms with Crippen molar-refractivity contribution in [1.29, 1.82) is 0 Å². The van der Waals surface area contributed by atoms with E-state index in [9.17, 15) is 9.59 Å². The first-order valence-electron chi connectivity index (χ1n) is 7.39. The summed E-state index contributed by atoms with van der Waals surface area (Å²) in [6.07, 6.45) is 1.13. The molecule has 1 saturated heterocycles. The van der Waals surface area contributed by atoms with E-state index in [4.69, 9.17) is 5.73 Å². The van der Waals surface area contributed by atoms with E-state index in [1.54, 1.807) is 4.90 Å². The van der Waals surface area contributed by atoms with Crippen LogP contribution in [-0.2, 0) is 16.0 Å². The number of carbonyl (C=O) groups is 2. The predicted molar refractivity (Wildman–Crippen MR) is 88.8 cm³/mol. The number of nitrogens with two attached hydrogens (primary N) is 1. The fraction of sp³-hybridized carbons (Fsp3) is 0.500. The summed E-state index contributed by atoms with van der Waals surface area (Å²) in [4.78, 5) is 26.0. The lowest BCUT2D eigenvalue weighted by Crippen LogP contribution is -2.49. The molecule has 0 aliphatic carbocycles. The third-order valence-corrected chi connectivity index (χ3v) is 3.81. The summed E-state index contributed by atoms with van der Waals surface area (Å²) in [7, 11) is 0. The topological polar surface area (TPSA) is 75.4 Å². The number of amides is 2. The molecule has 1 aromatic rings. The van der Waals surface area contributed by atoms with Crippen LogP contribution in [-0.4, -0.2) is 41.4 Å². The van der Waals surface area contributed by atoms with E-state index in [1.165, 1.54) is 0 Å². The van der Waals surface area contributed by atoms with E-state index >= 15 is 0 Å². The molecule has 122 valence electrons. The first-order chi connectivity index (χ1) is 9.99. The van der Waals surface area contributed by atoms with Crippen LogP contribution < -0.4 is 11.1 Å². The van der Waals surface area contributed by atoms with E-state index in [0.717, 1.165) is 5.56 Å². The van der Waals surface area contributed by atoms with Crippen LogP contribution >= 0.6 is 12.4 Å². The molecule has 0 aromatic heterocycles. The average molecular weight is 326 g/mol. The first kappa shape index (κ1) is 18.5. The molecule has 2 atom stereocenters. The van der Waals surface area contributed by atoms with Crippen LogP contribution in [0.15, 0.2) is 30.3 Å². The van der Waals surface area contributed by atoms with Crippen LogP contribution in [0, 0.1) is 0 Å². The molecule has 1 aliphatic rings. The number of hydrogen-bond donors (Lipinski definition) is 2. The highest BCUT2D eigenvalue weighted by molar-refractivity contribution is 5.91. The standard InChI is InChI=1S/C16H23N3O2.ClH/c1-11(2)19-9-8-14(16(19)21)18-15(20)13(17)10-12-6-4-3-5-7-12;/h3-7,11,13-14H,8-10,17H2,1-2H3,(H,18,20);1H/t13-,14?;/m0./s1. The van der Waals surface area contributed by atoms with Crippen LogP contribution in [0.2, 0.25) is 0 Å². The SMILES string of the molecule is CC(C)N1CCC(NC(=O)[C@@H](N)Cc2ccccc2)C1=O.Cl. The van der Waals surface area contributed by atoms with E-state index in [1.807, 2.05) is 44.2 Å². The van der Waals surface area contributed by atoms with Crippen molar-refractivity contribution in [1.82, 2.24) is 10.2 Å². The van der Waals surface area contributed by atoms with Crippen molar-refractivity contribution in [3.63, 3.8) is 0 Å². The molecule has 1 aliphatic heterocycles. The second kappa shape index (κ2) is 8.15. The Morgan fingerprint density at radius 2 is 2.00 bits per heavy atom. The van der Waals surface area contributed by atoms with Gasteiger partial charge in [-0.05, 0) is 32.3 Å². The minimum atomic E-state index is -0.631. The maximum Gasteiger partial charge on any atom is 0.245 e. The quantitative estimate of drug-likeness (QED) is 0.851. The Morgan fingerprint density at radius 1 is 1.36 bits per heavy atom. The van der Waals surface area contributed by atoms with Gasteiger partial charge in [-0.1, -0.05) is 30.3 Å². The Balaban J connectivity index is 0.00000242. The molecule has 6 heteroatoms. The summed E-state index contributed by atoms with van der Waals surface area (Å²) in [6.45, 7) is 4.64. The molecular formula is C16H24ClN3O2. The van der Waals surface area contributed by atoms with Gasteiger partial charge in [0.25, 0.3) is 0 Å². The Kier molecular flexibility index (Phi) is 6.84. The third kappa shape index (κ3) is 4.45. The molecule has 0 spiro atoms. The Hall–Kier alpha value is -1.59. The molecule has 1 heterocycles. The molecule has 1 fully saturated rings. The Bertz CT molecular complexity index is 507. The van der Waals surface area contributed by atoms with Crippen LogP contribution in [0.4, 0.5) is 0 Å². The summed E-state index contributed by atoms with van der Waals surface area (Å²) in [5.41, 5.74) is 6.95. The zero-order valence-corrected chi connectivity index (χ0v) is 13.8. The number of hydrogen-bond acceptors (Lipinski definition) is 3. The van der Waals surface area contributed by atoms with Crippen LogP contribution in [0.5, 0.6) is 0 Å².